The predicted octanol–water partition coefficient (Wildman–Crippen LogP) is 2.86. The molecular formula is C10H7BrFN3O. The number of aromatic nitrogens is 2. The highest BCUT2D eigenvalue weighted by atomic mass is 79.9. The lowest BCUT2D eigenvalue weighted by Crippen LogP contribution is -2.18. The molecule has 0 bridgehead atoms. The van der Waals surface area contributed by atoms with Crippen LogP contribution in [-0.4, -0.2) is 15.6 Å². The van der Waals surface area contributed by atoms with Crippen LogP contribution in [0.5, 0.6) is 0 Å². The Morgan fingerprint density at radius 2 is 2.31 bits per heavy atom. The summed E-state index contributed by atoms with van der Waals surface area (Å²) in [7, 11) is 0. The second-order valence-corrected chi connectivity index (χ2v) is 3.94. The summed E-state index contributed by atoms with van der Waals surface area (Å²) in [5, 5.41) is 2.43. The van der Waals surface area contributed by atoms with Crippen molar-refractivity contribution < 1.29 is 9.18 Å². The zero-order valence-corrected chi connectivity index (χ0v) is 9.61. The number of nitrogens with one attached hydrogen (secondary N) is 1. The SMILES string of the molecule is O=C(Nc1ccc(Br)cc1F)n1ccnc1. The Labute approximate surface area is 99.2 Å². The van der Waals surface area contributed by atoms with Gasteiger partial charge in [-0.1, -0.05) is 15.9 Å². The molecule has 6 heteroatoms. The van der Waals surface area contributed by atoms with E-state index in [9.17, 15) is 9.18 Å². The fourth-order valence-corrected chi connectivity index (χ4v) is 1.48. The maximum Gasteiger partial charge on any atom is 0.331 e. The maximum atomic E-state index is 13.4. The van der Waals surface area contributed by atoms with Gasteiger partial charge in [-0.05, 0) is 18.2 Å². The van der Waals surface area contributed by atoms with E-state index in [-0.39, 0.29) is 5.69 Å². The molecule has 0 saturated carbocycles. The first-order chi connectivity index (χ1) is 7.66. The van der Waals surface area contributed by atoms with Crippen LogP contribution in [0.25, 0.3) is 0 Å². The zero-order valence-electron chi connectivity index (χ0n) is 8.02. The largest absolute Gasteiger partial charge is 0.331 e. The summed E-state index contributed by atoms with van der Waals surface area (Å²) >= 11 is 3.13. The number of anilines is 1. The van der Waals surface area contributed by atoms with Crippen molar-refractivity contribution in [3.63, 3.8) is 0 Å². The van der Waals surface area contributed by atoms with E-state index < -0.39 is 11.8 Å². The molecule has 0 saturated heterocycles. The summed E-state index contributed by atoms with van der Waals surface area (Å²) in [4.78, 5) is 15.3. The van der Waals surface area contributed by atoms with Gasteiger partial charge in [0, 0.05) is 16.9 Å². The summed E-state index contributed by atoms with van der Waals surface area (Å²) in [5.41, 5.74) is 0.127. The van der Waals surface area contributed by atoms with E-state index in [1.54, 1.807) is 6.07 Å². The molecule has 4 nitrogen and oxygen atoms in total. The third kappa shape index (κ3) is 2.27. The van der Waals surface area contributed by atoms with Crippen LogP contribution in [0.1, 0.15) is 0 Å². The van der Waals surface area contributed by atoms with Gasteiger partial charge in [-0.3, -0.25) is 4.57 Å². The Balaban J connectivity index is 2.18. The number of carbonyl (C=O) groups is 1. The third-order valence-corrected chi connectivity index (χ3v) is 2.40. The standard InChI is InChI=1S/C10H7BrFN3O/c11-7-1-2-9(8(12)5-7)14-10(16)15-4-3-13-6-15/h1-6H,(H,14,16). The molecule has 1 N–H and O–H groups in total. The van der Waals surface area contributed by atoms with Crippen LogP contribution in [0, 0.1) is 5.82 Å². The summed E-state index contributed by atoms with van der Waals surface area (Å²) in [6.45, 7) is 0. The van der Waals surface area contributed by atoms with Crippen molar-refractivity contribution in [1.82, 2.24) is 9.55 Å². The Kier molecular flexibility index (Phi) is 3.00. The van der Waals surface area contributed by atoms with Gasteiger partial charge in [-0.2, -0.15) is 0 Å². The fraction of sp³-hybridized carbons (Fsp3) is 0. The lowest BCUT2D eigenvalue weighted by Gasteiger charge is -2.06. The van der Waals surface area contributed by atoms with Crippen molar-refractivity contribution in [3.05, 3.63) is 47.2 Å². The monoisotopic (exact) mass is 283 g/mol. The molecule has 82 valence electrons. The molecular weight excluding hydrogens is 277 g/mol. The Bertz CT molecular complexity index is 513. The number of hydrogen-bond acceptors (Lipinski definition) is 2. The summed E-state index contributed by atoms with van der Waals surface area (Å²) < 4.78 is 15.2. The van der Waals surface area contributed by atoms with Gasteiger partial charge in [-0.25, -0.2) is 14.2 Å². The molecule has 0 spiro atoms. The van der Waals surface area contributed by atoms with E-state index in [1.807, 2.05) is 0 Å². The maximum absolute atomic E-state index is 13.4. The van der Waals surface area contributed by atoms with Gasteiger partial charge in [0.1, 0.15) is 12.1 Å². The molecule has 2 rings (SSSR count). The van der Waals surface area contributed by atoms with Gasteiger partial charge in [0.2, 0.25) is 0 Å². The molecule has 0 atom stereocenters. The van der Waals surface area contributed by atoms with Gasteiger partial charge >= 0.3 is 6.03 Å². The lowest BCUT2D eigenvalue weighted by molar-refractivity contribution is 0.253. The van der Waals surface area contributed by atoms with Crippen LogP contribution in [0.15, 0.2) is 41.4 Å². The molecule has 1 amide bonds. The average molecular weight is 284 g/mol. The van der Waals surface area contributed by atoms with E-state index in [0.29, 0.717) is 4.47 Å². The second-order valence-electron chi connectivity index (χ2n) is 3.02. The number of imidazole rings is 1. The quantitative estimate of drug-likeness (QED) is 0.875. The molecule has 0 fully saturated rings. The topological polar surface area (TPSA) is 46.9 Å². The number of rotatable bonds is 1. The second kappa shape index (κ2) is 4.44. The van der Waals surface area contributed by atoms with Gasteiger partial charge < -0.3 is 5.32 Å². The number of amides is 1. The summed E-state index contributed by atoms with van der Waals surface area (Å²) in [5.74, 6) is -0.497. The van der Waals surface area contributed by atoms with Crippen molar-refractivity contribution in [3.8, 4) is 0 Å². The van der Waals surface area contributed by atoms with Crippen LogP contribution >= 0.6 is 15.9 Å². The first kappa shape index (κ1) is 10.8. The molecule has 2 aromatic rings. The zero-order chi connectivity index (χ0) is 11.5. The number of halogens is 2. The van der Waals surface area contributed by atoms with Crippen molar-refractivity contribution in [2.45, 2.75) is 0 Å². The minimum absolute atomic E-state index is 0.127. The van der Waals surface area contributed by atoms with E-state index in [4.69, 9.17) is 0 Å². The minimum Gasteiger partial charge on any atom is -0.304 e. The Hall–Kier alpha value is -1.69. The smallest absolute Gasteiger partial charge is 0.304 e. The van der Waals surface area contributed by atoms with Gasteiger partial charge in [0.15, 0.2) is 0 Å². The van der Waals surface area contributed by atoms with Gasteiger partial charge in [0.25, 0.3) is 0 Å². The molecule has 1 aromatic heterocycles. The number of hydrogen-bond donors (Lipinski definition) is 1. The highest BCUT2D eigenvalue weighted by Gasteiger charge is 2.08. The molecule has 1 heterocycles. The highest BCUT2D eigenvalue weighted by Crippen LogP contribution is 2.19. The van der Waals surface area contributed by atoms with Crippen molar-refractivity contribution in [1.29, 1.82) is 0 Å². The van der Waals surface area contributed by atoms with Crippen LogP contribution in [0.3, 0.4) is 0 Å². The third-order valence-electron chi connectivity index (χ3n) is 1.91. The van der Waals surface area contributed by atoms with E-state index in [1.165, 1.54) is 35.4 Å². The molecule has 0 aliphatic heterocycles. The molecule has 0 unspecified atom stereocenters. The minimum atomic E-state index is -0.497. The normalized spacial score (nSPS) is 10.1. The average Bonchev–Trinajstić information content (AvgIpc) is 2.75. The lowest BCUT2D eigenvalue weighted by atomic mass is 10.3. The number of benzene rings is 1. The fourth-order valence-electron chi connectivity index (χ4n) is 1.15. The van der Waals surface area contributed by atoms with E-state index in [2.05, 4.69) is 26.2 Å². The summed E-state index contributed by atoms with van der Waals surface area (Å²) in [6, 6.07) is 3.95. The molecule has 0 aliphatic carbocycles. The van der Waals surface area contributed by atoms with Crippen LogP contribution < -0.4 is 5.32 Å². The molecule has 0 aliphatic rings. The molecule has 1 aromatic carbocycles. The number of carbonyl (C=O) groups excluding carboxylic acids is 1. The van der Waals surface area contributed by atoms with Crippen molar-refractivity contribution >= 4 is 27.6 Å². The van der Waals surface area contributed by atoms with Gasteiger partial charge in [-0.15, -0.1) is 0 Å². The van der Waals surface area contributed by atoms with Crippen molar-refractivity contribution in [2.75, 3.05) is 5.32 Å². The highest BCUT2D eigenvalue weighted by molar-refractivity contribution is 9.10. The van der Waals surface area contributed by atoms with E-state index >= 15 is 0 Å². The van der Waals surface area contributed by atoms with E-state index in [0.717, 1.165) is 0 Å². The van der Waals surface area contributed by atoms with Crippen molar-refractivity contribution in [2.24, 2.45) is 0 Å². The van der Waals surface area contributed by atoms with Crippen LogP contribution in [0.4, 0.5) is 14.9 Å². The first-order valence-corrected chi connectivity index (χ1v) is 5.20. The number of nitrogens with zero attached hydrogens (tertiary/aromatic N) is 2. The van der Waals surface area contributed by atoms with Crippen LogP contribution in [-0.2, 0) is 0 Å². The Morgan fingerprint density at radius 3 is 2.94 bits per heavy atom. The summed E-state index contributed by atoms with van der Waals surface area (Å²) in [6.07, 6.45) is 4.29. The molecule has 16 heavy (non-hydrogen) atoms. The van der Waals surface area contributed by atoms with Crippen LogP contribution in [0.2, 0.25) is 0 Å². The predicted molar refractivity (Wildman–Crippen MR) is 60.7 cm³/mol. The molecule has 0 radical (unpaired) electrons. The Morgan fingerprint density at radius 1 is 1.50 bits per heavy atom. The first-order valence-electron chi connectivity index (χ1n) is 4.41. The van der Waals surface area contributed by atoms with Gasteiger partial charge in [0.05, 0.1) is 5.69 Å².